The van der Waals surface area contributed by atoms with Crippen LogP contribution in [0.15, 0.2) is 47.0 Å². The summed E-state index contributed by atoms with van der Waals surface area (Å²) in [5, 5.41) is 4.11. The van der Waals surface area contributed by atoms with Crippen molar-refractivity contribution in [2.24, 2.45) is 0 Å². The van der Waals surface area contributed by atoms with E-state index in [1.165, 1.54) is 11.1 Å². The number of hydrogen-bond acceptors (Lipinski definition) is 5. The van der Waals surface area contributed by atoms with Gasteiger partial charge in [0.05, 0.1) is 12.5 Å². The molecule has 150 valence electrons. The van der Waals surface area contributed by atoms with Crippen LogP contribution in [-0.4, -0.2) is 29.2 Å². The zero-order valence-corrected chi connectivity index (χ0v) is 17.0. The van der Waals surface area contributed by atoms with Crippen LogP contribution in [0.25, 0.3) is 11.4 Å². The third-order valence-electron chi connectivity index (χ3n) is 5.30. The first-order valence-corrected chi connectivity index (χ1v) is 9.99. The smallest absolute Gasteiger partial charge is 0.232 e. The van der Waals surface area contributed by atoms with E-state index in [0.29, 0.717) is 31.3 Å². The second-order valence-electron chi connectivity index (χ2n) is 7.50. The van der Waals surface area contributed by atoms with Gasteiger partial charge in [-0.1, -0.05) is 18.1 Å². The van der Waals surface area contributed by atoms with Crippen LogP contribution in [0.3, 0.4) is 0 Å². The average Bonchev–Trinajstić information content (AvgIpc) is 3.36. The molecule has 0 N–H and O–H groups in total. The highest BCUT2D eigenvalue weighted by Gasteiger charge is 2.35. The normalized spacial score (nSPS) is 16.4. The van der Waals surface area contributed by atoms with Crippen LogP contribution in [0, 0.1) is 13.8 Å². The molecule has 6 heteroatoms. The fourth-order valence-corrected chi connectivity index (χ4v) is 3.45. The van der Waals surface area contributed by atoms with Crippen molar-refractivity contribution in [2.75, 3.05) is 18.1 Å². The molecule has 1 unspecified atom stereocenters. The summed E-state index contributed by atoms with van der Waals surface area (Å²) < 4.78 is 11.1. The summed E-state index contributed by atoms with van der Waals surface area (Å²) in [5.41, 5.74) is 4.16. The maximum atomic E-state index is 12.6. The molecule has 1 atom stereocenters. The van der Waals surface area contributed by atoms with Gasteiger partial charge in [-0.05, 0) is 67.8 Å². The summed E-state index contributed by atoms with van der Waals surface area (Å²) in [6.07, 6.45) is 1.34. The topological polar surface area (TPSA) is 68.5 Å². The molecule has 1 aliphatic heterocycles. The molecule has 2 heterocycles. The number of amides is 1. The molecule has 1 saturated heterocycles. The third-order valence-corrected chi connectivity index (χ3v) is 5.30. The maximum Gasteiger partial charge on any atom is 0.232 e. The average molecular weight is 391 g/mol. The first-order valence-electron chi connectivity index (χ1n) is 9.99. The zero-order valence-electron chi connectivity index (χ0n) is 17.0. The number of rotatable bonds is 6. The lowest BCUT2D eigenvalue weighted by molar-refractivity contribution is -0.117. The van der Waals surface area contributed by atoms with Crippen molar-refractivity contribution in [1.29, 1.82) is 0 Å². The Morgan fingerprint density at radius 1 is 1.14 bits per heavy atom. The molecule has 0 aliphatic carbocycles. The Labute approximate surface area is 170 Å². The molecule has 2 aromatic carbocycles. The van der Waals surface area contributed by atoms with Gasteiger partial charge >= 0.3 is 0 Å². The first-order chi connectivity index (χ1) is 14.0. The highest BCUT2D eigenvalue weighted by atomic mass is 16.5. The van der Waals surface area contributed by atoms with Crippen molar-refractivity contribution in [1.82, 2.24) is 10.1 Å². The Hall–Kier alpha value is -3.15. The minimum atomic E-state index is -0.0995. The lowest BCUT2D eigenvalue weighted by Crippen LogP contribution is -2.24. The highest BCUT2D eigenvalue weighted by molar-refractivity contribution is 5.96. The van der Waals surface area contributed by atoms with Crippen molar-refractivity contribution in [3.63, 3.8) is 0 Å². The second-order valence-corrected chi connectivity index (χ2v) is 7.50. The minimum Gasteiger partial charge on any atom is -0.494 e. The van der Waals surface area contributed by atoms with E-state index in [2.05, 4.69) is 37.0 Å². The summed E-state index contributed by atoms with van der Waals surface area (Å²) in [6, 6.07) is 13.7. The molecule has 4 rings (SSSR count). The first kappa shape index (κ1) is 19.2. The van der Waals surface area contributed by atoms with Crippen LogP contribution in [0.2, 0.25) is 0 Å². The molecule has 6 nitrogen and oxygen atoms in total. The monoisotopic (exact) mass is 391 g/mol. The van der Waals surface area contributed by atoms with Crippen molar-refractivity contribution in [3.8, 4) is 17.1 Å². The number of nitrogens with zero attached hydrogens (tertiary/aromatic N) is 3. The highest BCUT2D eigenvalue weighted by Crippen LogP contribution is 2.32. The summed E-state index contributed by atoms with van der Waals surface area (Å²) in [4.78, 5) is 18.9. The van der Waals surface area contributed by atoms with E-state index in [1.54, 1.807) is 4.90 Å². The molecular formula is C23H25N3O3. The fraction of sp³-hybridized carbons (Fsp3) is 0.348. The molecule has 0 radical (unpaired) electrons. The number of benzene rings is 2. The van der Waals surface area contributed by atoms with Gasteiger partial charge in [-0.15, -0.1) is 0 Å². The number of anilines is 1. The molecule has 1 amide bonds. The van der Waals surface area contributed by atoms with E-state index in [9.17, 15) is 4.79 Å². The second kappa shape index (κ2) is 8.07. The van der Waals surface area contributed by atoms with Gasteiger partial charge in [-0.3, -0.25) is 4.79 Å². The van der Waals surface area contributed by atoms with Gasteiger partial charge in [0.1, 0.15) is 5.75 Å². The Morgan fingerprint density at radius 3 is 2.66 bits per heavy atom. The van der Waals surface area contributed by atoms with Gasteiger partial charge in [0.25, 0.3) is 0 Å². The van der Waals surface area contributed by atoms with Gasteiger partial charge < -0.3 is 14.2 Å². The van der Waals surface area contributed by atoms with Crippen molar-refractivity contribution in [2.45, 2.75) is 39.5 Å². The lowest BCUT2D eigenvalue weighted by atomic mass is 10.1. The number of ether oxygens (including phenoxy) is 1. The summed E-state index contributed by atoms with van der Waals surface area (Å²) in [7, 11) is 0. The molecule has 0 bridgehead atoms. The standard InChI is InChI=1S/C23H25N3O3/c1-4-11-28-20-9-6-17(7-10-20)22-24-23(29-25-22)18-13-21(27)26(14-18)19-8-5-15(2)16(3)12-19/h5-10,12,18H,4,11,13-14H2,1-3H3. The van der Waals surface area contributed by atoms with E-state index in [1.807, 2.05) is 36.4 Å². The molecule has 29 heavy (non-hydrogen) atoms. The lowest BCUT2D eigenvalue weighted by Gasteiger charge is -2.17. The van der Waals surface area contributed by atoms with Crippen molar-refractivity contribution < 1.29 is 14.1 Å². The predicted octanol–water partition coefficient (Wildman–Crippen LogP) is 4.66. The quantitative estimate of drug-likeness (QED) is 0.611. The number of carbonyl (C=O) groups excluding carboxylic acids is 1. The Balaban J connectivity index is 1.48. The van der Waals surface area contributed by atoms with E-state index in [0.717, 1.165) is 23.4 Å². The Bertz CT molecular complexity index is 1010. The Morgan fingerprint density at radius 2 is 1.93 bits per heavy atom. The molecule has 1 fully saturated rings. The maximum absolute atomic E-state index is 12.6. The molecule has 3 aromatic rings. The van der Waals surface area contributed by atoms with Crippen LogP contribution in [0.1, 0.15) is 42.7 Å². The van der Waals surface area contributed by atoms with Gasteiger partial charge in [0.15, 0.2) is 0 Å². The van der Waals surface area contributed by atoms with Gasteiger partial charge in [-0.25, -0.2) is 0 Å². The Kier molecular flexibility index (Phi) is 5.34. The molecular weight excluding hydrogens is 366 g/mol. The predicted molar refractivity (Wildman–Crippen MR) is 111 cm³/mol. The van der Waals surface area contributed by atoms with Gasteiger partial charge in [0, 0.05) is 24.2 Å². The van der Waals surface area contributed by atoms with E-state index in [-0.39, 0.29) is 11.8 Å². The van der Waals surface area contributed by atoms with Crippen LogP contribution < -0.4 is 9.64 Å². The molecule has 0 spiro atoms. The van der Waals surface area contributed by atoms with E-state index in [4.69, 9.17) is 9.26 Å². The minimum absolute atomic E-state index is 0.0791. The van der Waals surface area contributed by atoms with Crippen LogP contribution >= 0.6 is 0 Å². The molecule has 1 aliphatic rings. The third kappa shape index (κ3) is 4.01. The van der Waals surface area contributed by atoms with Crippen LogP contribution in [0.5, 0.6) is 5.75 Å². The SMILES string of the molecule is CCCOc1ccc(-c2noc(C3CC(=O)N(c4ccc(C)c(C)c4)C3)n2)cc1. The van der Waals surface area contributed by atoms with Crippen LogP contribution in [-0.2, 0) is 4.79 Å². The summed E-state index contributed by atoms with van der Waals surface area (Å²) in [5.74, 6) is 1.84. The van der Waals surface area contributed by atoms with Gasteiger partial charge in [-0.2, -0.15) is 4.98 Å². The number of aromatic nitrogens is 2. The summed E-state index contributed by atoms with van der Waals surface area (Å²) >= 11 is 0. The largest absolute Gasteiger partial charge is 0.494 e. The van der Waals surface area contributed by atoms with Gasteiger partial charge in [0.2, 0.25) is 17.6 Å². The molecule has 1 aromatic heterocycles. The van der Waals surface area contributed by atoms with E-state index >= 15 is 0 Å². The van der Waals surface area contributed by atoms with E-state index < -0.39 is 0 Å². The van der Waals surface area contributed by atoms with Crippen LogP contribution in [0.4, 0.5) is 5.69 Å². The summed E-state index contributed by atoms with van der Waals surface area (Å²) in [6.45, 7) is 7.44. The molecule has 0 saturated carbocycles. The van der Waals surface area contributed by atoms with Crippen molar-refractivity contribution in [3.05, 3.63) is 59.5 Å². The zero-order chi connectivity index (χ0) is 20.4. The number of aryl methyl sites for hydroxylation is 2. The number of hydrogen-bond donors (Lipinski definition) is 0. The fourth-order valence-electron chi connectivity index (χ4n) is 3.45. The van der Waals surface area contributed by atoms with Crippen molar-refractivity contribution >= 4 is 11.6 Å². The number of carbonyl (C=O) groups is 1.